The smallest absolute Gasteiger partial charge is 0.292 e. The highest BCUT2D eigenvalue weighted by Gasteiger charge is 2.37. The minimum atomic E-state index is -0.152. The number of anilines is 2. The van der Waals surface area contributed by atoms with Gasteiger partial charge in [-0.25, -0.2) is 4.68 Å². The van der Waals surface area contributed by atoms with Gasteiger partial charge in [-0.15, -0.1) is 5.92 Å². The highest BCUT2D eigenvalue weighted by atomic mass is 16.1. The monoisotopic (exact) mass is 429 g/mol. The van der Waals surface area contributed by atoms with Crippen LogP contribution in [-0.2, 0) is 6.54 Å². The van der Waals surface area contributed by atoms with E-state index in [0.29, 0.717) is 18.8 Å². The van der Waals surface area contributed by atoms with Crippen molar-refractivity contribution in [2.75, 3.05) is 29.9 Å². The first-order valence-electron chi connectivity index (χ1n) is 11.0. The zero-order valence-electron chi connectivity index (χ0n) is 18.2. The second-order valence-corrected chi connectivity index (χ2v) is 8.36. The predicted molar refractivity (Wildman–Crippen MR) is 126 cm³/mol. The van der Waals surface area contributed by atoms with Gasteiger partial charge in [0.15, 0.2) is 6.29 Å². The molecule has 2 aromatic heterocycles. The maximum Gasteiger partial charge on any atom is 0.292 e. The van der Waals surface area contributed by atoms with E-state index in [0.717, 1.165) is 48.1 Å². The number of rotatable bonds is 4. The molecular formula is C24H27N7O. The predicted octanol–water partition coefficient (Wildman–Crippen LogP) is 1.80. The van der Waals surface area contributed by atoms with Crippen LogP contribution in [0.15, 0.2) is 47.5 Å². The largest absolute Gasteiger partial charge is 0.350 e. The molecule has 2 unspecified atom stereocenters. The molecule has 0 saturated carbocycles. The van der Waals surface area contributed by atoms with Crippen LogP contribution in [0.2, 0.25) is 0 Å². The lowest BCUT2D eigenvalue weighted by Gasteiger charge is -2.39. The lowest BCUT2D eigenvalue weighted by Crippen LogP contribution is -2.56. The quantitative estimate of drug-likeness (QED) is 0.611. The third-order valence-corrected chi connectivity index (χ3v) is 6.15. The maximum atomic E-state index is 13.5. The Bertz CT molecular complexity index is 1260. The van der Waals surface area contributed by atoms with Gasteiger partial charge in [-0.2, -0.15) is 5.10 Å². The molecule has 0 amide bonds. The van der Waals surface area contributed by atoms with Gasteiger partial charge in [-0.05, 0) is 31.2 Å². The summed E-state index contributed by atoms with van der Waals surface area (Å²) in [6.45, 7) is 4.29. The highest BCUT2D eigenvalue weighted by Crippen LogP contribution is 2.32. The molecule has 8 heteroatoms. The van der Waals surface area contributed by atoms with Crippen molar-refractivity contribution in [3.05, 3.63) is 58.8 Å². The van der Waals surface area contributed by atoms with Crippen LogP contribution in [0.25, 0.3) is 10.8 Å². The fourth-order valence-electron chi connectivity index (χ4n) is 4.56. The van der Waals surface area contributed by atoms with Gasteiger partial charge in [0.05, 0.1) is 30.7 Å². The van der Waals surface area contributed by atoms with E-state index < -0.39 is 0 Å². The van der Waals surface area contributed by atoms with Crippen molar-refractivity contribution >= 4 is 22.1 Å². The summed E-state index contributed by atoms with van der Waals surface area (Å²) in [5.41, 5.74) is 8.21. The van der Waals surface area contributed by atoms with E-state index in [1.165, 1.54) is 4.68 Å². The van der Waals surface area contributed by atoms with Gasteiger partial charge in [-0.1, -0.05) is 30.2 Å². The van der Waals surface area contributed by atoms with E-state index in [1.54, 1.807) is 6.20 Å². The number of nitrogens with one attached hydrogen (secondary N) is 1. The van der Waals surface area contributed by atoms with Gasteiger partial charge >= 0.3 is 0 Å². The van der Waals surface area contributed by atoms with Crippen molar-refractivity contribution in [1.82, 2.24) is 19.7 Å². The van der Waals surface area contributed by atoms with E-state index in [9.17, 15) is 4.79 Å². The second kappa shape index (κ2) is 8.61. The van der Waals surface area contributed by atoms with Gasteiger partial charge in [0.1, 0.15) is 5.69 Å². The number of piperidine rings is 1. The Morgan fingerprint density at radius 3 is 2.91 bits per heavy atom. The molecule has 4 heterocycles. The number of hydrogen-bond acceptors (Lipinski definition) is 7. The van der Waals surface area contributed by atoms with Crippen molar-refractivity contribution in [2.24, 2.45) is 5.73 Å². The molecule has 164 valence electrons. The number of aromatic nitrogens is 3. The van der Waals surface area contributed by atoms with Gasteiger partial charge < -0.3 is 16.0 Å². The maximum absolute atomic E-state index is 13.5. The standard InChI is InChI=1S/C24H27N7O/c1-2-3-11-30-22-21(28-24(30)29-10-6-9-19(25)15-29)14-27-31(23(22)32)16-20-12-17-7-4-5-8-18(17)13-26-20/h4-5,7-8,12-14,19,24,28H,6,9-11,15-16,25H2,1H3. The van der Waals surface area contributed by atoms with Crippen LogP contribution in [0.3, 0.4) is 0 Å². The molecule has 8 nitrogen and oxygen atoms in total. The van der Waals surface area contributed by atoms with Gasteiger partial charge in [-0.3, -0.25) is 14.7 Å². The molecule has 2 aliphatic rings. The minimum absolute atomic E-state index is 0.141. The SMILES string of the molecule is CC#CCN1c2c(cnn(Cc3cc4ccccc4cn3)c2=O)NC1N1CCCC(N)C1. The molecule has 0 radical (unpaired) electrons. The highest BCUT2D eigenvalue weighted by molar-refractivity contribution is 5.81. The molecule has 1 saturated heterocycles. The topological polar surface area (TPSA) is 92.3 Å². The van der Waals surface area contributed by atoms with Crippen LogP contribution in [-0.4, -0.2) is 51.6 Å². The number of likely N-dealkylation sites (tertiary alicyclic amines) is 1. The summed E-state index contributed by atoms with van der Waals surface area (Å²) in [6.07, 6.45) is 5.48. The Kier molecular flexibility index (Phi) is 5.52. The molecular weight excluding hydrogens is 402 g/mol. The third-order valence-electron chi connectivity index (χ3n) is 6.15. The first-order valence-corrected chi connectivity index (χ1v) is 11.0. The summed E-state index contributed by atoms with van der Waals surface area (Å²) in [5.74, 6) is 6.08. The fourth-order valence-corrected chi connectivity index (χ4v) is 4.56. The van der Waals surface area contributed by atoms with Crippen LogP contribution in [0.5, 0.6) is 0 Å². The summed E-state index contributed by atoms with van der Waals surface area (Å²) < 4.78 is 1.48. The normalized spacial score (nSPS) is 20.5. The van der Waals surface area contributed by atoms with Crippen LogP contribution < -0.4 is 21.5 Å². The Morgan fingerprint density at radius 2 is 2.09 bits per heavy atom. The summed E-state index contributed by atoms with van der Waals surface area (Å²) in [7, 11) is 0. The van der Waals surface area contributed by atoms with Crippen molar-refractivity contribution in [3.8, 4) is 11.8 Å². The van der Waals surface area contributed by atoms with Crippen LogP contribution in [0.4, 0.5) is 11.4 Å². The van der Waals surface area contributed by atoms with Crippen LogP contribution >= 0.6 is 0 Å². The zero-order valence-corrected chi connectivity index (χ0v) is 18.2. The van der Waals surface area contributed by atoms with E-state index >= 15 is 0 Å². The lowest BCUT2D eigenvalue weighted by atomic mass is 10.1. The number of hydrogen-bond donors (Lipinski definition) is 2. The number of nitrogens with two attached hydrogens (primary N) is 1. The zero-order chi connectivity index (χ0) is 22.1. The number of nitrogens with zero attached hydrogens (tertiary/aromatic N) is 5. The average molecular weight is 430 g/mol. The Morgan fingerprint density at radius 1 is 1.25 bits per heavy atom. The molecule has 3 aromatic rings. The van der Waals surface area contributed by atoms with Crippen LogP contribution in [0, 0.1) is 11.8 Å². The van der Waals surface area contributed by atoms with E-state index in [4.69, 9.17) is 5.73 Å². The van der Waals surface area contributed by atoms with Crippen LogP contribution in [0.1, 0.15) is 25.5 Å². The molecule has 2 atom stereocenters. The van der Waals surface area contributed by atoms with Gasteiger partial charge in [0, 0.05) is 30.7 Å². The van der Waals surface area contributed by atoms with E-state index in [-0.39, 0.29) is 17.9 Å². The molecule has 5 rings (SSSR count). The molecule has 3 N–H and O–H groups in total. The number of pyridine rings is 1. The molecule has 32 heavy (non-hydrogen) atoms. The average Bonchev–Trinajstić information content (AvgIpc) is 3.19. The van der Waals surface area contributed by atoms with E-state index in [1.807, 2.05) is 48.4 Å². The van der Waals surface area contributed by atoms with Crippen molar-refractivity contribution in [3.63, 3.8) is 0 Å². The molecule has 1 aromatic carbocycles. The van der Waals surface area contributed by atoms with E-state index in [2.05, 4.69) is 32.1 Å². The molecule has 0 aliphatic carbocycles. The second-order valence-electron chi connectivity index (χ2n) is 8.36. The third kappa shape index (κ3) is 3.81. The fraction of sp³-hybridized carbons (Fsp3) is 0.375. The summed E-state index contributed by atoms with van der Waals surface area (Å²) in [5, 5.41) is 10.1. The molecule has 1 fully saturated rings. The first-order chi connectivity index (χ1) is 15.6. The molecule has 2 aliphatic heterocycles. The summed E-state index contributed by atoms with van der Waals surface area (Å²) >= 11 is 0. The van der Waals surface area contributed by atoms with Crippen molar-refractivity contribution in [2.45, 2.75) is 38.6 Å². The summed E-state index contributed by atoms with van der Waals surface area (Å²) in [6, 6.07) is 10.2. The first kappa shape index (κ1) is 20.5. The van der Waals surface area contributed by atoms with Crippen molar-refractivity contribution < 1.29 is 0 Å². The molecule has 0 spiro atoms. The molecule has 0 bridgehead atoms. The number of benzene rings is 1. The van der Waals surface area contributed by atoms with Gasteiger partial charge in [0.25, 0.3) is 5.56 Å². The van der Waals surface area contributed by atoms with Gasteiger partial charge in [0.2, 0.25) is 0 Å². The number of fused-ring (bicyclic) bond motifs is 2. The lowest BCUT2D eigenvalue weighted by molar-refractivity contribution is 0.165. The Balaban J connectivity index is 1.47. The summed E-state index contributed by atoms with van der Waals surface area (Å²) in [4.78, 5) is 22.4. The Labute approximate surface area is 187 Å². The Hall–Kier alpha value is -3.41. The minimum Gasteiger partial charge on any atom is -0.350 e. The van der Waals surface area contributed by atoms with Crippen molar-refractivity contribution in [1.29, 1.82) is 0 Å².